The maximum atomic E-state index is 12.7. The number of carbonyl (C=O) groups excluding carboxylic acids is 2. The second kappa shape index (κ2) is 8.83. The normalized spacial score (nSPS) is 13.6. The predicted molar refractivity (Wildman–Crippen MR) is 101 cm³/mol. The zero-order valence-electron chi connectivity index (χ0n) is 15.5. The number of nitrogens with one attached hydrogen (secondary N) is 2. The highest BCUT2D eigenvalue weighted by molar-refractivity contribution is 6.01. The Bertz CT molecular complexity index is 815. The third-order valence-corrected chi connectivity index (χ3v) is 4.35. The summed E-state index contributed by atoms with van der Waals surface area (Å²) in [5, 5.41) is 7.47. The summed E-state index contributed by atoms with van der Waals surface area (Å²) < 4.78 is 15.9. The van der Waals surface area contributed by atoms with E-state index < -0.39 is 6.29 Å². The topological polar surface area (TPSA) is 85.9 Å². The van der Waals surface area contributed by atoms with Gasteiger partial charge < -0.3 is 24.8 Å². The van der Waals surface area contributed by atoms with Crippen molar-refractivity contribution in [2.24, 2.45) is 0 Å². The van der Waals surface area contributed by atoms with E-state index in [4.69, 9.17) is 14.2 Å². The van der Waals surface area contributed by atoms with Crippen molar-refractivity contribution in [2.45, 2.75) is 25.2 Å². The number of fused-ring (bicyclic) bond motifs is 1. The average Bonchev–Trinajstić information content (AvgIpc) is 3.50. The summed E-state index contributed by atoms with van der Waals surface area (Å²) in [6.07, 6.45) is 1.48. The summed E-state index contributed by atoms with van der Waals surface area (Å²) in [7, 11) is 3.01. The van der Waals surface area contributed by atoms with Crippen LogP contribution in [0.4, 0.5) is 0 Å². The summed E-state index contributed by atoms with van der Waals surface area (Å²) in [6, 6.07) is 11.5. The van der Waals surface area contributed by atoms with Gasteiger partial charge in [-0.3, -0.25) is 9.59 Å². The molecule has 0 heterocycles. The molecule has 0 aliphatic heterocycles. The largest absolute Gasteiger partial charge is 0.483 e. The fourth-order valence-corrected chi connectivity index (χ4v) is 2.69. The number of hydrogen-bond acceptors (Lipinski definition) is 5. The molecule has 7 heteroatoms. The van der Waals surface area contributed by atoms with Gasteiger partial charge in [-0.25, -0.2) is 0 Å². The third-order valence-electron chi connectivity index (χ3n) is 4.35. The molecule has 144 valence electrons. The van der Waals surface area contributed by atoms with E-state index in [-0.39, 0.29) is 31.0 Å². The Balaban J connectivity index is 1.77. The molecule has 0 bridgehead atoms. The fraction of sp³-hybridized carbons (Fsp3) is 0.400. The molecule has 1 aliphatic carbocycles. The minimum absolute atomic E-state index is 0.131. The summed E-state index contributed by atoms with van der Waals surface area (Å²) in [5.41, 5.74) is 0.360. The average molecular weight is 372 g/mol. The summed E-state index contributed by atoms with van der Waals surface area (Å²) in [6.45, 7) is 0.0636. The molecule has 1 saturated carbocycles. The standard InChI is InChI=1S/C20H24N2O5/c1-25-19(26-2)11-21-20(24)16-9-13-5-3-4-6-14(13)10-17(16)27-12-18(23)22-15-7-8-15/h3-6,9-10,15,19H,7-8,11-12H2,1-2H3,(H,21,24)(H,22,23). The van der Waals surface area contributed by atoms with Crippen molar-refractivity contribution in [1.29, 1.82) is 0 Å². The third kappa shape index (κ3) is 5.18. The van der Waals surface area contributed by atoms with Gasteiger partial charge in [0.1, 0.15) is 5.75 Å². The number of amides is 2. The number of carbonyl (C=O) groups is 2. The second-order valence-corrected chi connectivity index (χ2v) is 6.44. The van der Waals surface area contributed by atoms with E-state index in [1.54, 1.807) is 12.1 Å². The Morgan fingerprint density at radius 3 is 2.41 bits per heavy atom. The van der Waals surface area contributed by atoms with Gasteiger partial charge >= 0.3 is 0 Å². The van der Waals surface area contributed by atoms with E-state index >= 15 is 0 Å². The lowest BCUT2D eigenvalue weighted by Crippen LogP contribution is -2.34. The molecule has 2 aromatic carbocycles. The van der Waals surface area contributed by atoms with Crippen molar-refractivity contribution in [2.75, 3.05) is 27.4 Å². The van der Waals surface area contributed by atoms with E-state index in [2.05, 4.69) is 10.6 Å². The van der Waals surface area contributed by atoms with Gasteiger partial charge in [0.15, 0.2) is 12.9 Å². The van der Waals surface area contributed by atoms with Crippen molar-refractivity contribution in [3.63, 3.8) is 0 Å². The summed E-state index contributed by atoms with van der Waals surface area (Å²) >= 11 is 0. The number of hydrogen-bond donors (Lipinski definition) is 2. The predicted octanol–water partition coefficient (Wildman–Crippen LogP) is 1.85. The molecule has 0 radical (unpaired) electrons. The molecule has 1 aliphatic rings. The van der Waals surface area contributed by atoms with Gasteiger partial charge in [-0.05, 0) is 35.7 Å². The van der Waals surface area contributed by atoms with E-state index in [0.717, 1.165) is 23.6 Å². The van der Waals surface area contributed by atoms with Crippen LogP contribution in [0.2, 0.25) is 0 Å². The minimum Gasteiger partial charge on any atom is -0.483 e. The van der Waals surface area contributed by atoms with Crippen molar-refractivity contribution < 1.29 is 23.8 Å². The monoisotopic (exact) mass is 372 g/mol. The van der Waals surface area contributed by atoms with Crippen molar-refractivity contribution in [3.8, 4) is 5.75 Å². The molecule has 7 nitrogen and oxygen atoms in total. The van der Waals surface area contributed by atoms with Gasteiger partial charge in [-0.2, -0.15) is 0 Å². The van der Waals surface area contributed by atoms with Crippen LogP contribution >= 0.6 is 0 Å². The zero-order valence-corrected chi connectivity index (χ0v) is 15.5. The summed E-state index contributed by atoms with van der Waals surface area (Å²) in [4.78, 5) is 24.6. The lowest BCUT2D eigenvalue weighted by atomic mass is 10.1. The molecule has 3 rings (SSSR count). The van der Waals surface area contributed by atoms with Crippen molar-refractivity contribution in [3.05, 3.63) is 42.0 Å². The molecule has 2 N–H and O–H groups in total. The second-order valence-electron chi connectivity index (χ2n) is 6.44. The van der Waals surface area contributed by atoms with Crippen LogP contribution in [0.3, 0.4) is 0 Å². The van der Waals surface area contributed by atoms with Gasteiger partial charge in [0.2, 0.25) is 0 Å². The number of ether oxygens (including phenoxy) is 3. The van der Waals surface area contributed by atoms with Gasteiger partial charge in [-0.1, -0.05) is 24.3 Å². The molecule has 0 unspecified atom stereocenters. The van der Waals surface area contributed by atoms with Crippen LogP contribution in [0.5, 0.6) is 5.75 Å². The lowest BCUT2D eigenvalue weighted by Gasteiger charge is -2.16. The van der Waals surface area contributed by atoms with E-state index in [1.807, 2.05) is 24.3 Å². The van der Waals surface area contributed by atoms with E-state index in [9.17, 15) is 9.59 Å². The van der Waals surface area contributed by atoms with E-state index in [0.29, 0.717) is 11.3 Å². The first-order valence-corrected chi connectivity index (χ1v) is 8.89. The van der Waals surface area contributed by atoms with Crippen LogP contribution in [0.1, 0.15) is 23.2 Å². The first-order valence-electron chi connectivity index (χ1n) is 8.89. The van der Waals surface area contributed by atoms with Gasteiger partial charge in [0, 0.05) is 20.3 Å². The Morgan fingerprint density at radius 1 is 1.11 bits per heavy atom. The Morgan fingerprint density at radius 2 is 1.78 bits per heavy atom. The molecule has 27 heavy (non-hydrogen) atoms. The highest BCUT2D eigenvalue weighted by Gasteiger charge is 2.24. The van der Waals surface area contributed by atoms with Crippen LogP contribution in [0, 0.1) is 0 Å². The molecule has 0 aromatic heterocycles. The quantitative estimate of drug-likeness (QED) is 0.656. The highest BCUT2D eigenvalue weighted by atomic mass is 16.7. The maximum absolute atomic E-state index is 12.7. The fourth-order valence-electron chi connectivity index (χ4n) is 2.69. The number of rotatable bonds is 9. The Hall–Kier alpha value is -2.64. The smallest absolute Gasteiger partial charge is 0.258 e. The molecular weight excluding hydrogens is 348 g/mol. The Kier molecular flexibility index (Phi) is 6.26. The number of benzene rings is 2. The number of methoxy groups -OCH3 is 2. The maximum Gasteiger partial charge on any atom is 0.258 e. The molecule has 0 saturated heterocycles. The first-order chi connectivity index (χ1) is 13.1. The SMILES string of the molecule is COC(CNC(=O)c1cc2ccccc2cc1OCC(=O)NC1CC1)OC. The van der Waals surface area contributed by atoms with Crippen molar-refractivity contribution >= 4 is 22.6 Å². The van der Waals surface area contributed by atoms with Crippen LogP contribution in [-0.4, -0.2) is 51.5 Å². The van der Waals surface area contributed by atoms with Crippen LogP contribution in [0.25, 0.3) is 10.8 Å². The van der Waals surface area contributed by atoms with Crippen LogP contribution in [-0.2, 0) is 14.3 Å². The van der Waals surface area contributed by atoms with Gasteiger partial charge in [-0.15, -0.1) is 0 Å². The first kappa shape index (κ1) is 19.1. The lowest BCUT2D eigenvalue weighted by molar-refractivity contribution is -0.123. The molecule has 0 atom stereocenters. The molecule has 2 aromatic rings. The highest BCUT2D eigenvalue weighted by Crippen LogP contribution is 2.26. The van der Waals surface area contributed by atoms with Gasteiger partial charge in [0.25, 0.3) is 11.8 Å². The zero-order chi connectivity index (χ0) is 19.2. The molecule has 1 fully saturated rings. The van der Waals surface area contributed by atoms with Crippen LogP contribution < -0.4 is 15.4 Å². The van der Waals surface area contributed by atoms with Crippen molar-refractivity contribution in [1.82, 2.24) is 10.6 Å². The van der Waals surface area contributed by atoms with Gasteiger partial charge in [0.05, 0.1) is 12.1 Å². The summed E-state index contributed by atoms with van der Waals surface area (Å²) in [5.74, 6) is -0.142. The Labute approximate surface area is 158 Å². The molecule has 0 spiro atoms. The minimum atomic E-state index is -0.539. The van der Waals surface area contributed by atoms with Crippen LogP contribution in [0.15, 0.2) is 36.4 Å². The van der Waals surface area contributed by atoms with E-state index in [1.165, 1.54) is 14.2 Å². The molecule has 2 amide bonds. The molecular formula is C20H24N2O5.